The molecule has 0 aromatic heterocycles. The molecule has 0 aliphatic carbocycles. The minimum Gasteiger partial charge on any atom is -0.389 e. The molecule has 0 saturated heterocycles. The lowest BCUT2D eigenvalue weighted by Crippen LogP contribution is -2.40. The van der Waals surface area contributed by atoms with Gasteiger partial charge >= 0.3 is 0 Å². The quantitative estimate of drug-likeness (QED) is 0.156. The van der Waals surface area contributed by atoms with Crippen molar-refractivity contribution in [3.63, 3.8) is 0 Å². The normalized spacial score (nSPS) is 14.3. The second-order valence-electron chi connectivity index (χ2n) is 6.42. The van der Waals surface area contributed by atoms with E-state index in [9.17, 15) is 10.2 Å². The van der Waals surface area contributed by atoms with Crippen molar-refractivity contribution in [3.05, 3.63) is 0 Å². The van der Waals surface area contributed by atoms with E-state index >= 15 is 0 Å². The van der Waals surface area contributed by atoms with Crippen molar-refractivity contribution in [1.82, 2.24) is 9.80 Å². The average Bonchev–Trinajstić information content (AvgIpc) is 2.59. The Labute approximate surface area is 158 Å². The van der Waals surface area contributed by atoms with Crippen molar-refractivity contribution in [1.29, 1.82) is 0 Å². The van der Waals surface area contributed by atoms with Crippen molar-refractivity contribution in [3.8, 4) is 0 Å². The molecule has 0 amide bonds. The highest BCUT2D eigenvalue weighted by molar-refractivity contribution is 4.66. The van der Waals surface area contributed by atoms with Crippen molar-refractivity contribution >= 4 is 0 Å². The van der Waals surface area contributed by atoms with Crippen LogP contribution in [0.2, 0.25) is 0 Å². The van der Waals surface area contributed by atoms with E-state index in [1.54, 1.807) is 0 Å². The average molecular weight is 380 g/mol. The molecule has 0 fully saturated rings. The zero-order valence-electron chi connectivity index (χ0n) is 16.4. The smallest absolute Gasteiger partial charge is 0.0900 e. The predicted octanol–water partition coefficient (Wildman–Crippen LogP) is -2.37. The maximum absolute atomic E-state index is 10.0. The van der Waals surface area contributed by atoms with Gasteiger partial charge in [-0.3, -0.25) is 9.80 Å². The molecule has 0 bridgehead atoms. The molecule has 9 heteroatoms. The van der Waals surface area contributed by atoms with E-state index in [0.717, 1.165) is 19.5 Å². The Balaban J connectivity index is 3.72. The molecule has 0 rings (SSSR count). The van der Waals surface area contributed by atoms with Gasteiger partial charge in [-0.15, -0.1) is 0 Å². The van der Waals surface area contributed by atoms with E-state index in [1.807, 2.05) is 4.90 Å². The van der Waals surface area contributed by atoms with Gasteiger partial charge < -0.3 is 36.9 Å². The van der Waals surface area contributed by atoms with Crippen LogP contribution in [0.3, 0.4) is 0 Å². The first-order valence-corrected chi connectivity index (χ1v) is 9.63. The summed E-state index contributed by atoms with van der Waals surface area (Å²) >= 11 is 0. The summed E-state index contributed by atoms with van der Waals surface area (Å²) in [5.41, 5.74) is 16.6. The van der Waals surface area contributed by atoms with E-state index in [4.69, 9.17) is 26.7 Å². The van der Waals surface area contributed by atoms with Gasteiger partial charge in [-0.2, -0.15) is 0 Å². The molecule has 9 nitrogen and oxygen atoms in total. The predicted molar refractivity (Wildman–Crippen MR) is 104 cm³/mol. The van der Waals surface area contributed by atoms with Crippen LogP contribution in [0.15, 0.2) is 0 Å². The SMILES string of the molecule is CCCN(CCN)CC(O)COCCOCC(O)CN(CCN)CCN. The fraction of sp³-hybridized carbons (Fsp3) is 1.00. The summed E-state index contributed by atoms with van der Waals surface area (Å²) in [6.07, 6.45) is -0.102. The number of rotatable bonds is 19. The van der Waals surface area contributed by atoms with Crippen LogP contribution in [0.25, 0.3) is 0 Å². The van der Waals surface area contributed by atoms with Gasteiger partial charge in [0, 0.05) is 52.4 Å². The summed E-state index contributed by atoms with van der Waals surface area (Å²) in [5.74, 6) is 0. The molecule has 158 valence electrons. The minimum absolute atomic E-state index is 0.234. The standard InChI is InChI=1S/C17H41N5O4/c1-2-6-21(7-3-18)12-16(23)14-25-10-11-26-15-17(24)13-22(8-4-19)9-5-20/h16-17,23-24H,2-15,18-20H2,1H3. The molecule has 0 heterocycles. The monoisotopic (exact) mass is 379 g/mol. The van der Waals surface area contributed by atoms with Gasteiger partial charge in [0.1, 0.15) is 0 Å². The maximum atomic E-state index is 10.0. The largest absolute Gasteiger partial charge is 0.389 e. The molecule has 0 aromatic carbocycles. The van der Waals surface area contributed by atoms with Crippen molar-refractivity contribution in [2.75, 3.05) is 85.3 Å². The summed E-state index contributed by atoms with van der Waals surface area (Å²) in [4.78, 5) is 4.15. The number of hydrogen-bond acceptors (Lipinski definition) is 9. The molecule has 0 spiro atoms. The van der Waals surface area contributed by atoms with Gasteiger partial charge in [-0.05, 0) is 13.0 Å². The van der Waals surface area contributed by atoms with Crippen LogP contribution in [-0.2, 0) is 9.47 Å². The Bertz CT molecular complexity index is 262. The summed E-state index contributed by atoms with van der Waals surface area (Å²) in [6.45, 7) is 9.14. The Morgan fingerprint density at radius 1 is 0.731 bits per heavy atom. The number of nitrogens with two attached hydrogens (primary N) is 3. The molecule has 0 aliphatic heterocycles. The van der Waals surface area contributed by atoms with Crippen LogP contribution < -0.4 is 17.2 Å². The number of ether oxygens (including phenoxy) is 2. The van der Waals surface area contributed by atoms with Crippen molar-refractivity contribution in [2.24, 2.45) is 17.2 Å². The molecule has 0 aliphatic rings. The van der Waals surface area contributed by atoms with Crippen molar-refractivity contribution in [2.45, 2.75) is 25.6 Å². The highest BCUT2D eigenvalue weighted by Gasteiger charge is 2.12. The van der Waals surface area contributed by atoms with E-state index in [0.29, 0.717) is 59.0 Å². The molecule has 2 unspecified atom stereocenters. The Morgan fingerprint density at radius 2 is 1.12 bits per heavy atom. The molecule has 8 N–H and O–H groups in total. The van der Waals surface area contributed by atoms with Crippen molar-refractivity contribution < 1.29 is 19.7 Å². The highest BCUT2D eigenvalue weighted by Crippen LogP contribution is 1.96. The highest BCUT2D eigenvalue weighted by atomic mass is 16.5. The number of hydrogen-bond donors (Lipinski definition) is 5. The first kappa shape index (κ1) is 25.6. The second-order valence-corrected chi connectivity index (χ2v) is 6.42. The fourth-order valence-electron chi connectivity index (χ4n) is 2.71. The first-order valence-electron chi connectivity index (χ1n) is 9.63. The molecule has 2 atom stereocenters. The van der Waals surface area contributed by atoms with Gasteiger partial charge in [0.2, 0.25) is 0 Å². The third-order valence-electron chi connectivity index (χ3n) is 3.81. The summed E-state index contributed by atoms with van der Waals surface area (Å²) < 4.78 is 10.9. The fourth-order valence-corrected chi connectivity index (χ4v) is 2.71. The van der Waals surface area contributed by atoms with Gasteiger partial charge in [0.05, 0.1) is 38.6 Å². The lowest BCUT2D eigenvalue weighted by molar-refractivity contribution is -0.0278. The first-order chi connectivity index (χ1) is 12.6. The maximum Gasteiger partial charge on any atom is 0.0900 e. The number of aliphatic hydroxyl groups excluding tert-OH is 2. The van der Waals surface area contributed by atoms with Gasteiger partial charge in [0.25, 0.3) is 0 Å². The third-order valence-corrected chi connectivity index (χ3v) is 3.81. The van der Waals surface area contributed by atoms with Crippen LogP contribution in [0.5, 0.6) is 0 Å². The minimum atomic E-state index is -0.586. The summed E-state index contributed by atoms with van der Waals surface area (Å²) in [7, 11) is 0. The van der Waals surface area contributed by atoms with Crippen LogP contribution in [-0.4, -0.2) is 118 Å². The van der Waals surface area contributed by atoms with Crippen LogP contribution in [0.1, 0.15) is 13.3 Å². The van der Waals surface area contributed by atoms with E-state index in [-0.39, 0.29) is 13.2 Å². The zero-order valence-corrected chi connectivity index (χ0v) is 16.4. The lowest BCUT2D eigenvalue weighted by Gasteiger charge is -2.24. The molecule has 0 saturated carbocycles. The topological polar surface area (TPSA) is 143 Å². The Morgan fingerprint density at radius 3 is 1.46 bits per heavy atom. The van der Waals surface area contributed by atoms with Gasteiger partial charge in [-0.1, -0.05) is 6.92 Å². The van der Waals surface area contributed by atoms with Crippen LogP contribution in [0, 0.1) is 0 Å². The Kier molecular flexibility index (Phi) is 17.8. The van der Waals surface area contributed by atoms with Gasteiger partial charge in [0.15, 0.2) is 0 Å². The molecular formula is C17H41N5O4. The second kappa shape index (κ2) is 18.0. The number of aliphatic hydroxyl groups is 2. The van der Waals surface area contributed by atoms with E-state index in [1.165, 1.54) is 0 Å². The lowest BCUT2D eigenvalue weighted by atomic mass is 10.3. The third kappa shape index (κ3) is 14.8. The number of nitrogens with zero attached hydrogens (tertiary/aromatic N) is 2. The molecule has 0 aromatic rings. The van der Waals surface area contributed by atoms with Crippen LogP contribution in [0.4, 0.5) is 0 Å². The molecule has 0 radical (unpaired) electrons. The summed E-state index contributed by atoms with van der Waals surface area (Å²) in [6, 6.07) is 0. The van der Waals surface area contributed by atoms with E-state index < -0.39 is 12.2 Å². The Hall–Kier alpha value is -0.360. The molecule has 26 heavy (non-hydrogen) atoms. The van der Waals surface area contributed by atoms with Gasteiger partial charge in [-0.25, -0.2) is 0 Å². The molecular weight excluding hydrogens is 338 g/mol. The van der Waals surface area contributed by atoms with E-state index in [2.05, 4.69) is 11.8 Å². The summed E-state index contributed by atoms with van der Waals surface area (Å²) in [5, 5.41) is 20.0. The zero-order chi connectivity index (χ0) is 19.6. The van der Waals surface area contributed by atoms with Crippen LogP contribution >= 0.6 is 0 Å².